The van der Waals surface area contributed by atoms with Gasteiger partial charge in [0.2, 0.25) is 0 Å². The van der Waals surface area contributed by atoms with Crippen LogP contribution < -0.4 is 5.48 Å². The summed E-state index contributed by atoms with van der Waals surface area (Å²) in [6.45, 7) is 3.74. The van der Waals surface area contributed by atoms with Crippen LogP contribution in [0.4, 0.5) is 0 Å². The van der Waals surface area contributed by atoms with Crippen molar-refractivity contribution in [1.82, 2.24) is 5.48 Å². The predicted octanol–water partition coefficient (Wildman–Crippen LogP) is 2.99. The summed E-state index contributed by atoms with van der Waals surface area (Å²) in [4.78, 5) is 5.63. The Labute approximate surface area is 90.9 Å². The maximum absolute atomic E-state index is 5.63. The standard InChI is InChI=1S/C13H17NO/c1-2-6-12-9-10-13(15-14-12)11-7-4-3-5-8-11/h2-5,7-8,12-14H,1,6,9-10H2/t12-,13-/m0/s1. The summed E-state index contributed by atoms with van der Waals surface area (Å²) in [5.41, 5.74) is 4.35. The van der Waals surface area contributed by atoms with Gasteiger partial charge in [-0.05, 0) is 24.8 Å². The Balaban J connectivity index is 1.91. The molecule has 2 nitrogen and oxygen atoms in total. The Morgan fingerprint density at radius 2 is 2.13 bits per heavy atom. The van der Waals surface area contributed by atoms with Crippen LogP contribution in [-0.4, -0.2) is 6.04 Å². The summed E-state index contributed by atoms with van der Waals surface area (Å²) in [7, 11) is 0. The minimum Gasteiger partial charge on any atom is -0.293 e. The van der Waals surface area contributed by atoms with Crippen LogP contribution in [0.1, 0.15) is 30.9 Å². The van der Waals surface area contributed by atoms with Gasteiger partial charge in [-0.2, -0.15) is 5.48 Å². The van der Waals surface area contributed by atoms with Gasteiger partial charge in [-0.1, -0.05) is 36.4 Å². The summed E-state index contributed by atoms with van der Waals surface area (Å²) in [6, 6.07) is 10.8. The van der Waals surface area contributed by atoms with Crippen molar-refractivity contribution in [1.29, 1.82) is 0 Å². The van der Waals surface area contributed by atoms with Gasteiger partial charge >= 0.3 is 0 Å². The van der Waals surface area contributed by atoms with E-state index in [-0.39, 0.29) is 6.10 Å². The molecule has 1 aliphatic heterocycles. The highest BCUT2D eigenvalue weighted by Crippen LogP contribution is 2.26. The second kappa shape index (κ2) is 5.10. The SMILES string of the molecule is C=CC[C@H]1CC[C@@H](c2ccccc2)ON1. The van der Waals surface area contributed by atoms with Gasteiger partial charge in [0.05, 0.1) is 0 Å². The van der Waals surface area contributed by atoms with E-state index in [0.29, 0.717) is 6.04 Å². The van der Waals surface area contributed by atoms with E-state index < -0.39 is 0 Å². The van der Waals surface area contributed by atoms with Crippen LogP contribution in [0.25, 0.3) is 0 Å². The summed E-state index contributed by atoms with van der Waals surface area (Å²) in [5, 5.41) is 0. The minimum atomic E-state index is 0.201. The molecular formula is C13H17NO. The normalized spacial score (nSPS) is 26.1. The van der Waals surface area contributed by atoms with Crippen molar-refractivity contribution < 1.29 is 4.84 Å². The fourth-order valence-electron chi connectivity index (χ4n) is 1.92. The molecule has 0 aromatic heterocycles. The molecule has 2 atom stereocenters. The van der Waals surface area contributed by atoms with Crippen molar-refractivity contribution >= 4 is 0 Å². The molecule has 0 spiro atoms. The van der Waals surface area contributed by atoms with Crippen LogP contribution >= 0.6 is 0 Å². The Bertz CT molecular complexity index is 302. The first-order valence-corrected chi connectivity index (χ1v) is 5.47. The van der Waals surface area contributed by atoms with E-state index in [1.807, 2.05) is 12.1 Å². The molecule has 0 amide bonds. The first-order valence-electron chi connectivity index (χ1n) is 5.47. The second-order valence-electron chi connectivity index (χ2n) is 3.93. The van der Waals surface area contributed by atoms with E-state index in [1.54, 1.807) is 0 Å². The highest BCUT2D eigenvalue weighted by Gasteiger charge is 2.21. The van der Waals surface area contributed by atoms with Crippen LogP contribution in [0.2, 0.25) is 0 Å². The third-order valence-electron chi connectivity index (χ3n) is 2.78. The van der Waals surface area contributed by atoms with Gasteiger partial charge in [0.1, 0.15) is 6.10 Å². The van der Waals surface area contributed by atoms with Gasteiger partial charge in [0.25, 0.3) is 0 Å². The molecule has 1 heterocycles. The van der Waals surface area contributed by atoms with Crippen LogP contribution in [-0.2, 0) is 4.84 Å². The molecule has 1 saturated heterocycles. The smallest absolute Gasteiger partial charge is 0.104 e. The minimum absolute atomic E-state index is 0.201. The van der Waals surface area contributed by atoms with Gasteiger partial charge in [-0.3, -0.25) is 4.84 Å². The molecular weight excluding hydrogens is 186 g/mol. The Hall–Kier alpha value is -1.12. The van der Waals surface area contributed by atoms with Crippen molar-refractivity contribution in [2.45, 2.75) is 31.4 Å². The van der Waals surface area contributed by atoms with E-state index >= 15 is 0 Å². The lowest BCUT2D eigenvalue weighted by Gasteiger charge is -2.29. The number of rotatable bonds is 3. The van der Waals surface area contributed by atoms with Crippen molar-refractivity contribution in [2.75, 3.05) is 0 Å². The highest BCUT2D eigenvalue weighted by atomic mass is 16.7. The largest absolute Gasteiger partial charge is 0.293 e. The number of hydrogen-bond donors (Lipinski definition) is 1. The first-order chi connectivity index (χ1) is 7.40. The Morgan fingerprint density at radius 3 is 2.73 bits per heavy atom. The van der Waals surface area contributed by atoms with Crippen molar-refractivity contribution in [3.8, 4) is 0 Å². The maximum atomic E-state index is 5.63. The molecule has 0 saturated carbocycles. The fraction of sp³-hybridized carbons (Fsp3) is 0.385. The van der Waals surface area contributed by atoms with Gasteiger partial charge in [-0.25, -0.2) is 0 Å². The lowest BCUT2D eigenvalue weighted by molar-refractivity contribution is -0.0816. The average Bonchev–Trinajstić information content (AvgIpc) is 2.32. The van der Waals surface area contributed by atoms with Crippen molar-refractivity contribution in [3.63, 3.8) is 0 Å². The van der Waals surface area contributed by atoms with Crippen molar-refractivity contribution in [3.05, 3.63) is 48.6 Å². The van der Waals surface area contributed by atoms with Crippen LogP contribution in [0, 0.1) is 0 Å². The van der Waals surface area contributed by atoms with Gasteiger partial charge in [0.15, 0.2) is 0 Å². The summed E-state index contributed by atoms with van der Waals surface area (Å²) in [5.74, 6) is 0. The number of nitrogens with one attached hydrogen (secondary N) is 1. The van der Waals surface area contributed by atoms with Crippen molar-refractivity contribution in [2.24, 2.45) is 0 Å². The predicted molar refractivity (Wildman–Crippen MR) is 61.2 cm³/mol. The average molecular weight is 203 g/mol. The quantitative estimate of drug-likeness (QED) is 0.762. The molecule has 0 aliphatic carbocycles. The van der Waals surface area contributed by atoms with Crippen LogP contribution in [0.5, 0.6) is 0 Å². The summed E-state index contributed by atoms with van der Waals surface area (Å²) >= 11 is 0. The van der Waals surface area contributed by atoms with E-state index in [2.05, 4.69) is 36.3 Å². The topological polar surface area (TPSA) is 21.3 Å². The lowest BCUT2D eigenvalue weighted by Crippen LogP contribution is -2.35. The van der Waals surface area contributed by atoms with Crippen LogP contribution in [0.3, 0.4) is 0 Å². The lowest BCUT2D eigenvalue weighted by atomic mass is 9.99. The monoisotopic (exact) mass is 203 g/mol. The maximum Gasteiger partial charge on any atom is 0.104 e. The zero-order valence-corrected chi connectivity index (χ0v) is 8.86. The number of hydroxylamine groups is 1. The molecule has 0 radical (unpaired) electrons. The number of hydrogen-bond acceptors (Lipinski definition) is 2. The zero-order valence-electron chi connectivity index (χ0n) is 8.86. The second-order valence-corrected chi connectivity index (χ2v) is 3.93. The summed E-state index contributed by atoms with van der Waals surface area (Å²) < 4.78 is 0. The van der Waals surface area contributed by atoms with E-state index in [9.17, 15) is 0 Å². The first kappa shape index (κ1) is 10.4. The third kappa shape index (κ3) is 2.67. The van der Waals surface area contributed by atoms with Gasteiger partial charge < -0.3 is 0 Å². The highest BCUT2D eigenvalue weighted by molar-refractivity contribution is 5.17. The van der Waals surface area contributed by atoms with E-state index in [0.717, 1.165) is 19.3 Å². The fourth-order valence-corrected chi connectivity index (χ4v) is 1.92. The van der Waals surface area contributed by atoms with Crippen LogP contribution in [0.15, 0.2) is 43.0 Å². The molecule has 0 bridgehead atoms. The molecule has 80 valence electrons. The van der Waals surface area contributed by atoms with E-state index in [4.69, 9.17) is 4.84 Å². The Kier molecular flexibility index (Phi) is 3.54. The molecule has 15 heavy (non-hydrogen) atoms. The summed E-state index contributed by atoms with van der Waals surface area (Å²) in [6.07, 6.45) is 5.33. The molecule has 2 rings (SSSR count). The molecule has 2 heteroatoms. The molecule has 0 unspecified atom stereocenters. The van der Waals surface area contributed by atoms with E-state index in [1.165, 1.54) is 5.56 Å². The molecule has 1 aromatic rings. The van der Waals surface area contributed by atoms with Gasteiger partial charge in [-0.15, -0.1) is 6.58 Å². The third-order valence-corrected chi connectivity index (χ3v) is 2.78. The molecule has 1 fully saturated rings. The zero-order chi connectivity index (χ0) is 10.5. The Morgan fingerprint density at radius 1 is 1.33 bits per heavy atom. The van der Waals surface area contributed by atoms with Gasteiger partial charge in [0, 0.05) is 6.04 Å². The molecule has 1 aromatic carbocycles. The number of benzene rings is 1. The molecule has 1 N–H and O–H groups in total. The molecule has 1 aliphatic rings.